The van der Waals surface area contributed by atoms with Gasteiger partial charge in [-0.25, -0.2) is 4.79 Å². The quantitative estimate of drug-likeness (QED) is 0.305. The van der Waals surface area contributed by atoms with E-state index in [-0.39, 0.29) is 18.5 Å². The van der Waals surface area contributed by atoms with Crippen LogP contribution in [0.3, 0.4) is 0 Å². The van der Waals surface area contributed by atoms with Gasteiger partial charge in [0.25, 0.3) is 0 Å². The fourth-order valence-electron chi connectivity index (χ4n) is 4.19. The molecule has 1 aromatic carbocycles. The highest BCUT2D eigenvalue weighted by Gasteiger charge is 2.37. The van der Waals surface area contributed by atoms with Crippen molar-refractivity contribution < 1.29 is 23.9 Å². The molecule has 0 spiro atoms. The van der Waals surface area contributed by atoms with Crippen molar-refractivity contribution in [2.45, 2.75) is 118 Å². The van der Waals surface area contributed by atoms with E-state index in [9.17, 15) is 19.2 Å². The molecule has 0 fully saturated rings. The number of ether oxygens (including phenoxy) is 1. The number of aryl methyl sites for hydroxylation is 1. The maximum atomic E-state index is 14.1. The molecule has 38 heavy (non-hydrogen) atoms. The van der Waals surface area contributed by atoms with Gasteiger partial charge in [-0.05, 0) is 71.6 Å². The highest BCUT2D eigenvalue weighted by atomic mass is 16.6. The summed E-state index contributed by atoms with van der Waals surface area (Å²) < 4.78 is 5.33. The summed E-state index contributed by atoms with van der Waals surface area (Å²) in [7, 11) is 0. The van der Waals surface area contributed by atoms with Crippen LogP contribution in [0.15, 0.2) is 18.2 Å². The van der Waals surface area contributed by atoms with Crippen molar-refractivity contribution in [3.05, 3.63) is 34.9 Å². The van der Waals surface area contributed by atoms with Crippen LogP contribution in [0, 0.1) is 13.8 Å². The van der Waals surface area contributed by atoms with E-state index in [0.717, 1.165) is 36.8 Å². The average Bonchev–Trinajstić information content (AvgIpc) is 2.77. The minimum absolute atomic E-state index is 0.155. The van der Waals surface area contributed by atoms with Crippen molar-refractivity contribution >= 4 is 23.8 Å². The Kier molecular flexibility index (Phi) is 13.3. The van der Waals surface area contributed by atoms with Gasteiger partial charge in [0, 0.05) is 12.6 Å². The summed E-state index contributed by atoms with van der Waals surface area (Å²) >= 11 is 0. The van der Waals surface area contributed by atoms with Gasteiger partial charge in [0.05, 0.1) is 6.42 Å². The normalized spacial score (nSPS) is 13.0. The molecule has 4 N–H and O–H groups in total. The van der Waals surface area contributed by atoms with Gasteiger partial charge in [-0.1, -0.05) is 50.8 Å². The van der Waals surface area contributed by atoms with E-state index in [1.165, 1.54) is 4.90 Å². The van der Waals surface area contributed by atoms with Crippen LogP contribution in [0.5, 0.6) is 0 Å². The number of primary amides is 1. The molecule has 0 radical (unpaired) electrons. The number of carbonyl (C=O) groups is 4. The lowest BCUT2D eigenvalue weighted by Crippen LogP contribution is -2.54. The van der Waals surface area contributed by atoms with Crippen LogP contribution in [-0.2, 0) is 19.1 Å². The number of hydrogen-bond donors (Lipinski definition) is 3. The molecule has 0 saturated carbocycles. The zero-order valence-electron chi connectivity index (χ0n) is 24.5. The van der Waals surface area contributed by atoms with Crippen LogP contribution in [0.25, 0.3) is 0 Å². The number of benzene rings is 1. The van der Waals surface area contributed by atoms with Crippen LogP contribution >= 0.6 is 0 Å². The predicted octanol–water partition coefficient (Wildman–Crippen LogP) is 4.44. The lowest BCUT2D eigenvalue weighted by atomic mass is 9.94. The Morgan fingerprint density at radius 3 is 2.18 bits per heavy atom. The molecule has 0 aliphatic rings. The first-order chi connectivity index (χ1) is 17.7. The molecular formula is C29H48N4O5. The number of nitrogens with zero attached hydrogens (tertiary/aromatic N) is 1. The third-order valence-electron chi connectivity index (χ3n) is 6.11. The Labute approximate surface area is 228 Å². The molecule has 9 heteroatoms. The van der Waals surface area contributed by atoms with E-state index in [1.807, 2.05) is 45.9 Å². The number of amides is 4. The Bertz CT molecular complexity index is 955. The summed E-state index contributed by atoms with van der Waals surface area (Å²) in [6.07, 6.45) is 3.44. The van der Waals surface area contributed by atoms with Crippen LogP contribution in [0.4, 0.5) is 4.79 Å². The molecule has 0 aliphatic heterocycles. The summed E-state index contributed by atoms with van der Waals surface area (Å²) in [5.41, 5.74) is 7.24. The lowest BCUT2D eigenvalue weighted by Gasteiger charge is -2.35. The number of alkyl carbamates (subject to hydrolysis) is 1. The zero-order valence-corrected chi connectivity index (χ0v) is 24.5. The summed E-state index contributed by atoms with van der Waals surface area (Å²) in [4.78, 5) is 53.7. The molecule has 0 aliphatic carbocycles. The molecule has 2 atom stereocenters. The van der Waals surface area contributed by atoms with Gasteiger partial charge in [0.1, 0.15) is 17.7 Å². The fourth-order valence-corrected chi connectivity index (χ4v) is 4.19. The second-order valence-corrected chi connectivity index (χ2v) is 11.2. The summed E-state index contributed by atoms with van der Waals surface area (Å²) in [5, 5.41) is 5.47. The molecular weight excluding hydrogens is 484 g/mol. The third kappa shape index (κ3) is 11.1. The Hall–Kier alpha value is -3.10. The first-order valence-corrected chi connectivity index (χ1v) is 13.6. The Morgan fingerprint density at radius 2 is 1.63 bits per heavy atom. The standard InChI is InChI=1S/C29H48N4O5/c1-9-10-11-12-13-17-33(27(36)23(18-24(30)34)32-28(37)38-29(6,7)8)25(26(35)31-19(2)3)22-16-14-15-20(4)21(22)5/h14-16,19,23,25H,9-13,17-18H2,1-8H3,(H2,30,34)(H,31,35)(H,32,37). The van der Waals surface area contributed by atoms with Crippen molar-refractivity contribution in [2.24, 2.45) is 5.73 Å². The predicted molar refractivity (Wildman–Crippen MR) is 149 cm³/mol. The van der Waals surface area contributed by atoms with E-state index in [1.54, 1.807) is 20.8 Å². The van der Waals surface area contributed by atoms with E-state index in [4.69, 9.17) is 10.5 Å². The van der Waals surface area contributed by atoms with Crippen molar-refractivity contribution in [1.29, 1.82) is 0 Å². The van der Waals surface area contributed by atoms with Gasteiger partial charge in [0.15, 0.2) is 0 Å². The smallest absolute Gasteiger partial charge is 0.408 e. The van der Waals surface area contributed by atoms with E-state index < -0.39 is 42.0 Å². The molecule has 2 unspecified atom stereocenters. The maximum absolute atomic E-state index is 14.1. The molecule has 214 valence electrons. The number of rotatable bonds is 14. The first kappa shape index (κ1) is 32.9. The molecule has 0 saturated heterocycles. The minimum atomic E-state index is -1.28. The van der Waals surface area contributed by atoms with Gasteiger partial charge in [-0.2, -0.15) is 0 Å². The topological polar surface area (TPSA) is 131 Å². The molecule has 9 nitrogen and oxygen atoms in total. The number of hydrogen-bond acceptors (Lipinski definition) is 5. The van der Waals surface area contributed by atoms with Crippen molar-refractivity contribution in [2.75, 3.05) is 6.54 Å². The van der Waals surface area contributed by atoms with E-state index >= 15 is 0 Å². The van der Waals surface area contributed by atoms with Gasteiger partial charge in [-0.3, -0.25) is 14.4 Å². The number of unbranched alkanes of at least 4 members (excludes halogenated alkanes) is 4. The SMILES string of the molecule is CCCCCCCN(C(=O)C(CC(N)=O)NC(=O)OC(C)(C)C)C(C(=O)NC(C)C)c1cccc(C)c1C. The second-order valence-electron chi connectivity index (χ2n) is 11.2. The minimum Gasteiger partial charge on any atom is -0.444 e. The van der Waals surface area contributed by atoms with Crippen LogP contribution in [0.2, 0.25) is 0 Å². The zero-order chi connectivity index (χ0) is 29.0. The largest absolute Gasteiger partial charge is 0.444 e. The van der Waals surface area contributed by atoms with E-state index in [2.05, 4.69) is 17.6 Å². The molecule has 1 rings (SSSR count). The monoisotopic (exact) mass is 532 g/mol. The maximum Gasteiger partial charge on any atom is 0.408 e. The molecule has 4 amide bonds. The Morgan fingerprint density at radius 1 is 1.00 bits per heavy atom. The highest BCUT2D eigenvalue weighted by Crippen LogP contribution is 2.28. The molecule has 1 aromatic rings. The summed E-state index contributed by atoms with van der Waals surface area (Å²) in [5.74, 6) is -1.64. The summed E-state index contributed by atoms with van der Waals surface area (Å²) in [6, 6.07) is 3.26. The summed E-state index contributed by atoms with van der Waals surface area (Å²) in [6.45, 7) is 15.1. The fraction of sp³-hybridized carbons (Fsp3) is 0.655. The molecule has 0 heterocycles. The lowest BCUT2D eigenvalue weighted by molar-refractivity contribution is -0.143. The van der Waals surface area contributed by atoms with Crippen LogP contribution in [-0.4, -0.2) is 52.9 Å². The number of nitrogens with one attached hydrogen (secondary N) is 2. The number of nitrogens with two attached hydrogens (primary N) is 1. The van der Waals surface area contributed by atoms with Crippen LogP contribution < -0.4 is 16.4 Å². The van der Waals surface area contributed by atoms with E-state index in [0.29, 0.717) is 12.0 Å². The molecule has 0 bridgehead atoms. The van der Waals surface area contributed by atoms with Gasteiger partial charge < -0.3 is 26.0 Å². The highest BCUT2D eigenvalue weighted by molar-refractivity contribution is 5.94. The molecule has 0 aromatic heterocycles. The van der Waals surface area contributed by atoms with Crippen molar-refractivity contribution in [3.63, 3.8) is 0 Å². The van der Waals surface area contributed by atoms with Gasteiger partial charge in [0.2, 0.25) is 17.7 Å². The van der Waals surface area contributed by atoms with Gasteiger partial charge >= 0.3 is 6.09 Å². The first-order valence-electron chi connectivity index (χ1n) is 13.6. The van der Waals surface area contributed by atoms with Gasteiger partial charge in [-0.15, -0.1) is 0 Å². The Balaban J connectivity index is 3.55. The second kappa shape index (κ2) is 15.3. The van der Waals surface area contributed by atoms with Crippen molar-refractivity contribution in [1.82, 2.24) is 15.5 Å². The average molecular weight is 533 g/mol. The number of carbonyl (C=O) groups excluding carboxylic acids is 4. The van der Waals surface area contributed by atoms with Crippen molar-refractivity contribution in [3.8, 4) is 0 Å². The third-order valence-corrected chi connectivity index (χ3v) is 6.11. The van der Waals surface area contributed by atoms with Crippen LogP contribution in [0.1, 0.15) is 103 Å².